The third-order valence-electron chi connectivity index (χ3n) is 3.94. The maximum Gasteiger partial charge on any atom is 0.270 e. The van der Waals surface area contributed by atoms with Crippen LogP contribution in [-0.4, -0.2) is 49.9 Å². The van der Waals surface area contributed by atoms with Gasteiger partial charge in [-0.2, -0.15) is 4.31 Å². The highest BCUT2D eigenvalue weighted by atomic mass is 32.2. The van der Waals surface area contributed by atoms with Crippen molar-refractivity contribution >= 4 is 33.0 Å². The number of carbonyl (C=O) groups excluding carboxylic acids is 1. The number of rotatable bonds is 6. The number of hydrogen-bond donors (Lipinski definition) is 1. The number of nitrogens with zero attached hydrogens (tertiary/aromatic N) is 2. The number of nitro groups is 1. The first kappa shape index (κ1) is 19.4. The van der Waals surface area contributed by atoms with Crippen LogP contribution in [0.4, 0.5) is 5.69 Å². The Labute approximate surface area is 159 Å². The molecule has 1 aromatic carbocycles. The van der Waals surface area contributed by atoms with Crippen LogP contribution in [0.25, 0.3) is 0 Å². The van der Waals surface area contributed by atoms with E-state index in [0.29, 0.717) is 31.2 Å². The smallest absolute Gasteiger partial charge is 0.270 e. The first-order chi connectivity index (χ1) is 12.9. The number of non-ortho nitro benzene ring substituents is 1. The average Bonchev–Trinajstić information content (AvgIpc) is 3.17. The van der Waals surface area contributed by atoms with Crippen LogP contribution in [0.1, 0.15) is 15.2 Å². The van der Waals surface area contributed by atoms with Crippen molar-refractivity contribution < 1.29 is 22.9 Å². The van der Waals surface area contributed by atoms with E-state index in [-0.39, 0.29) is 22.0 Å². The molecule has 0 spiro atoms. The van der Waals surface area contributed by atoms with Crippen molar-refractivity contribution in [2.45, 2.75) is 10.8 Å². The molecule has 1 aromatic heterocycles. The van der Waals surface area contributed by atoms with E-state index >= 15 is 0 Å². The lowest BCUT2D eigenvalue weighted by Gasteiger charge is -2.25. The van der Waals surface area contributed by atoms with E-state index in [0.717, 1.165) is 11.3 Å². The number of ether oxygens (including phenoxy) is 1. The van der Waals surface area contributed by atoms with Crippen molar-refractivity contribution in [3.05, 3.63) is 57.0 Å². The van der Waals surface area contributed by atoms with Gasteiger partial charge in [-0.3, -0.25) is 14.9 Å². The van der Waals surface area contributed by atoms with E-state index in [2.05, 4.69) is 5.32 Å². The summed E-state index contributed by atoms with van der Waals surface area (Å²) in [6, 6.07) is 8.57. The maximum absolute atomic E-state index is 12.6. The molecule has 0 aliphatic carbocycles. The van der Waals surface area contributed by atoms with Crippen molar-refractivity contribution in [2.24, 2.45) is 0 Å². The molecule has 1 N–H and O–H groups in total. The number of sulfonamides is 1. The molecule has 144 valence electrons. The summed E-state index contributed by atoms with van der Waals surface area (Å²) in [5.41, 5.74) is -0.000387. The van der Waals surface area contributed by atoms with Crippen LogP contribution >= 0.6 is 11.3 Å². The first-order valence-corrected chi connectivity index (χ1v) is 10.3. The zero-order valence-electron chi connectivity index (χ0n) is 14.2. The summed E-state index contributed by atoms with van der Waals surface area (Å²) in [4.78, 5) is 23.1. The largest absolute Gasteiger partial charge is 0.379 e. The van der Waals surface area contributed by atoms with E-state index in [1.54, 1.807) is 6.07 Å². The van der Waals surface area contributed by atoms with E-state index in [1.807, 2.05) is 0 Å². The summed E-state index contributed by atoms with van der Waals surface area (Å²) in [6.07, 6.45) is 0. The number of amides is 1. The number of thiophene rings is 1. The standard InChI is InChI=1S/C16H17N3O6S2/c20-16(12-2-1-3-13(10-12)19(21)22)17-11-14-4-5-15(26-14)27(23,24)18-6-8-25-9-7-18/h1-5,10H,6-9,11H2,(H,17,20). The molecule has 1 aliphatic rings. The van der Waals surface area contributed by atoms with Crippen molar-refractivity contribution in [3.63, 3.8) is 0 Å². The van der Waals surface area contributed by atoms with Gasteiger partial charge in [0.05, 0.1) is 24.7 Å². The number of hydrogen-bond acceptors (Lipinski definition) is 7. The van der Waals surface area contributed by atoms with Crippen LogP contribution in [0.3, 0.4) is 0 Å². The van der Waals surface area contributed by atoms with E-state index < -0.39 is 20.9 Å². The minimum atomic E-state index is -3.56. The topological polar surface area (TPSA) is 119 Å². The quantitative estimate of drug-likeness (QED) is 0.570. The summed E-state index contributed by atoms with van der Waals surface area (Å²) in [5.74, 6) is -0.468. The second-order valence-electron chi connectivity index (χ2n) is 5.73. The van der Waals surface area contributed by atoms with E-state index in [9.17, 15) is 23.3 Å². The summed E-state index contributed by atoms with van der Waals surface area (Å²) in [5, 5.41) is 13.4. The Morgan fingerprint density at radius 2 is 2.00 bits per heavy atom. The predicted molar refractivity (Wildman–Crippen MR) is 98.2 cm³/mol. The zero-order valence-corrected chi connectivity index (χ0v) is 15.8. The molecule has 3 rings (SSSR count). The van der Waals surface area contributed by atoms with E-state index in [4.69, 9.17) is 4.74 Å². The molecule has 27 heavy (non-hydrogen) atoms. The van der Waals surface area contributed by atoms with Crippen molar-refractivity contribution in [1.29, 1.82) is 0 Å². The Morgan fingerprint density at radius 3 is 2.70 bits per heavy atom. The molecular formula is C16H17N3O6S2. The summed E-state index contributed by atoms with van der Waals surface area (Å²) < 4.78 is 32.0. The van der Waals surface area contributed by atoms with Crippen molar-refractivity contribution in [1.82, 2.24) is 9.62 Å². The molecule has 0 bridgehead atoms. The number of nitrogens with one attached hydrogen (secondary N) is 1. The van der Waals surface area contributed by atoms with Crippen LogP contribution in [-0.2, 0) is 21.3 Å². The molecule has 1 amide bonds. The Balaban J connectivity index is 1.65. The molecule has 0 unspecified atom stereocenters. The number of carbonyl (C=O) groups is 1. The monoisotopic (exact) mass is 411 g/mol. The Morgan fingerprint density at radius 1 is 1.26 bits per heavy atom. The van der Waals surface area contributed by atoms with Gasteiger partial charge in [0.25, 0.3) is 21.6 Å². The van der Waals surface area contributed by atoms with Crippen LogP contribution in [0.5, 0.6) is 0 Å². The average molecular weight is 411 g/mol. The molecule has 2 aromatic rings. The summed E-state index contributed by atoms with van der Waals surface area (Å²) in [7, 11) is -3.56. The lowest BCUT2D eigenvalue weighted by atomic mass is 10.2. The maximum atomic E-state index is 12.6. The van der Waals surface area contributed by atoms with Gasteiger partial charge in [0.15, 0.2) is 0 Å². The highest BCUT2D eigenvalue weighted by Gasteiger charge is 2.27. The molecule has 2 heterocycles. The minimum absolute atomic E-state index is 0.130. The fourth-order valence-electron chi connectivity index (χ4n) is 2.54. The Bertz CT molecular complexity index is 951. The molecule has 1 fully saturated rings. The molecule has 11 heteroatoms. The number of nitro benzene ring substituents is 1. The van der Waals surface area contributed by atoms with Crippen LogP contribution in [0.2, 0.25) is 0 Å². The number of morpholine rings is 1. The second-order valence-corrected chi connectivity index (χ2v) is 9.06. The van der Waals surface area contributed by atoms with Crippen LogP contribution in [0.15, 0.2) is 40.6 Å². The molecular weight excluding hydrogens is 394 g/mol. The fourth-order valence-corrected chi connectivity index (χ4v) is 5.39. The predicted octanol–water partition coefficient (Wildman–Crippen LogP) is 1.61. The SMILES string of the molecule is O=C(NCc1ccc(S(=O)(=O)N2CCOCC2)s1)c1cccc([N+](=O)[O-])c1. The van der Waals surface area contributed by atoms with Gasteiger partial charge in [-0.1, -0.05) is 6.07 Å². The van der Waals surface area contributed by atoms with Gasteiger partial charge in [-0.15, -0.1) is 11.3 Å². The highest BCUT2D eigenvalue weighted by molar-refractivity contribution is 7.91. The normalized spacial score (nSPS) is 15.4. The van der Waals surface area contributed by atoms with E-state index in [1.165, 1.54) is 34.6 Å². The van der Waals surface area contributed by atoms with Crippen molar-refractivity contribution in [3.8, 4) is 0 Å². The van der Waals surface area contributed by atoms with Gasteiger partial charge in [-0.25, -0.2) is 8.42 Å². The Kier molecular flexibility index (Phi) is 5.85. The summed E-state index contributed by atoms with van der Waals surface area (Å²) >= 11 is 1.09. The molecule has 0 saturated carbocycles. The van der Waals surface area contributed by atoms with Gasteiger partial charge < -0.3 is 10.1 Å². The molecule has 0 atom stereocenters. The molecule has 9 nitrogen and oxygen atoms in total. The lowest BCUT2D eigenvalue weighted by molar-refractivity contribution is -0.384. The molecule has 1 saturated heterocycles. The number of benzene rings is 1. The van der Waals surface area contributed by atoms with Gasteiger partial charge in [-0.05, 0) is 18.2 Å². The minimum Gasteiger partial charge on any atom is -0.379 e. The van der Waals surface area contributed by atoms with Crippen molar-refractivity contribution in [2.75, 3.05) is 26.3 Å². The first-order valence-electron chi connectivity index (χ1n) is 8.07. The van der Waals surface area contributed by atoms with Crippen LogP contribution in [0, 0.1) is 10.1 Å². The third kappa shape index (κ3) is 4.50. The van der Waals surface area contributed by atoms with Gasteiger partial charge in [0.1, 0.15) is 4.21 Å². The Hall–Kier alpha value is -2.34. The molecule has 1 aliphatic heterocycles. The highest BCUT2D eigenvalue weighted by Crippen LogP contribution is 2.25. The van der Waals surface area contributed by atoms with Gasteiger partial charge in [0, 0.05) is 35.7 Å². The summed E-state index contributed by atoms with van der Waals surface area (Å²) in [6.45, 7) is 1.51. The van der Waals surface area contributed by atoms with Crippen LogP contribution < -0.4 is 5.32 Å². The zero-order chi connectivity index (χ0) is 19.4. The van der Waals surface area contributed by atoms with Gasteiger partial charge >= 0.3 is 0 Å². The molecule has 0 radical (unpaired) electrons. The third-order valence-corrected chi connectivity index (χ3v) is 7.39. The lowest BCUT2D eigenvalue weighted by Crippen LogP contribution is -2.40. The fraction of sp³-hybridized carbons (Fsp3) is 0.312. The second kappa shape index (κ2) is 8.13. The van der Waals surface area contributed by atoms with Gasteiger partial charge in [0.2, 0.25) is 0 Å².